The molecule has 0 amide bonds. The number of carbonyl (C=O) groups excluding carboxylic acids is 3. The summed E-state index contributed by atoms with van der Waals surface area (Å²) in [4.78, 5) is 48.6. The number of allylic oxidation sites excluding steroid dienone is 14. The van der Waals surface area contributed by atoms with Crippen molar-refractivity contribution in [3.63, 3.8) is 0 Å². The highest BCUT2D eigenvalue weighted by Gasteiger charge is 2.28. The molecule has 0 aromatic carbocycles. The van der Waals surface area contributed by atoms with Gasteiger partial charge in [-0.05, 0) is 109 Å². The third kappa shape index (κ3) is 55.4. The van der Waals surface area contributed by atoms with Crippen molar-refractivity contribution in [1.29, 1.82) is 0 Å². The molecule has 438 valence electrons. The molecular formula is C64H111O11P. The number of hydrogen-bond donors (Lipinski definition) is 2. The van der Waals surface area contributed by atoms with E-state index in [2.05, 4.69) is 106 Å². The van der Waals surface area contributed by atoms with Gasteiger partial charge < -0.3 is 24.2 Å². The molecule has 11 nitrogen and oxygen atoms in total. The van der Waals surface area contributed by atoms with Crippen LogP contribution in [0, 0.1) is 0 Å². The van der Waals surface area contributed by atoms with E-state index >= 15 is 0 Å². The van der Waals surface area contributed by atoms with E-state index in [4.69, 9.17) is 23.3 Å². The van der Waals surface area contributed by atoms with Gasteiger partial charge in [0.2, 0.25) is 0 Å². The Kier molecular flexibility index (Phi) is 55.3. The van der Waals surface area contributed by atoms with Crippen LogP contribution in [0.1, 0.15) is 265 Å². The van der Waals surface area contributed by atoms with Gasteiger partial charge in [0.05, 0.1) is 19.8 Å². The third-order valence-electron chi connectivity index (χ3n) is 12.8. The van der Waals surface area contributed by atoms with E-state index in [1.54, 1.807) is 0 Å². The second-order valence-electron chi connectivity index (χ2n) is 20.1. The van der Waals surface area contributed by atoms with Crippen LogP contribution >= 0.6 is 7.82 Å². The molecule has 0 radical (unpaired) electrons. The van der Waals surface area contributed by atoms with Crippen molar-refractivity contribution < 1.29 is 52.2 Å². The zero-order valence-corrected chi connectivity index (χ0v) is 49.3. The summed E-state index contributed by atoms with van der Waals surface area (Å²) in [5, 5.41) is 9.81. The summed E-state index contributed by atoms with van der Waals surface area (Å²) in [7, 11) is -4.76. The van der Waals surface area contributed by atoms with Crippen molar-refractivity contribution in [2.24, 2.45) is 0 Å². The van der Waals surface area contributed by atoms with E-state index in [0.717, 1.165) is 109 Å². The molecule has 0 aliphatic rings. The van der Waals surface area contributed by atoms with Gasteiger partial charge in [-0.25, -0.2) is 4.57 Å². The summed E-state index contributed by atoms with van der Waals surface area (Å²) in [6.45, 7) is 4.39. The average molecular weight is 1090 g/mol. The molecule has 0 fully saturated rings. The van der Waals surface area contributed by atoms with Crippen LogP contribution in [0.4, 0.5) is 0 Å². The summed E-state index contributed by atoms with van der Waals surface area (Å²) in [5.74, 6) is -1.50. The predicted octanol–water partition coefficient (Wildman–Crippen LogP) is 18.3. The molecule has 76 heavy (non-hydrogen) atoms. The Balaban J connectivity index is 4.75. The van der Waals surface area contributed by atoms with Crippen molar-refractivity contribution >= 4 is 25.7 Å². The molecule has 0 heterocycles. The lowest BCUT2D eigenvalue weighted by molar-refractivity contribution is -0.161. The first kappa shape index (κ1) is 72.7. The van der Waals surface area contributed by atoms with Gasteiger partial charge in [-0.2, -0.15) is 0 Å². The summed E-state index contributed by atoms with van der Waals surface area (Å²) in [6, 6.07) is 0. The summed E-state index contributed by atoms with van der Waals surface area (Å²) >= 11 is 0. The van der Waals surface area contributed by atoms with Crippen LogP contribution in [0.15, 0.2) is 85.1 Å². The molecule has 3 atom stereocenters. The minimum absolute atomic E-state index is 0.139. The summed E-state index contributed by atoms with van der Waals surface area (Å²) in [6.07, 6.45) is 66.8. The lowest BCUT2D eigenvalue weighted by atomic mass is 10.1. The van der Waals surface area contributed by atoms with Gasteiger partial charge in [0.1, 0.15) is 12.7 Å². The van der Waals surface area contributed by atoms with Gasteiger partial charge in [-0.1, -0.05) is 221 Å². The van der Waals surface area contributed by atoms with Crippen molar-refractivity contribution in [2.75, 3.05) is 26.4 Å². The Bertz CT molecular complexity index is 1600. The highest BCUT2D eigenvalue weighted by Crippen LogP contribution is 2.43. The number of unbranched alkanes of at least 4 members (excludes halogenated alkanes) is 25. The van der Waals surface area contributed by atoms with Crippen LogP contribution in [0.3, 0.4) is 0 Å². The van der Waals surface area contributed by atoms with Crippen LogP contribution in [-0.4, -0.2) is 66.5 Å². The number of rotatable bonds is 56. The van der Waals surface area contributed by atoms with Gasteiger partial charge in [-0.15, -0.1) is 0 Å². The highest BCUT2D eigenvalue weighted by atomic mass is 31.2. The normalized spacial score (nSPS) is 13.9. The van der Waals surface area contributed by atoms with E-state index in [-0.39, 0.29) is 25.9 Å². The molecule has 0 aliphatic carbocycles. The summed E-state index contributed by atoms with van der Waals surface area (Å²) in [5.41, 5.74) is 0. The van der Waals surface area contributed by atoms with Gasteiger partial charge in [0.15, 0.2) is 6.10 Å². The Morgan fingerprint density at radius 2 is 0.684 bits per heavy atom. The van der Waals surface area contributed by atoms with Crippen molar-refractivity contribution in [3.05, 3.63) is 85.1 Å². The van der Waals surface area contributed by atoms with Crippen molar-refractivity contribution in [3.8, 4) is 0 Å². The van der Waals surface area contributed by atoms with Crippen LogP contribution in [0.25, 0.3) is 0 Å². The Morgan fingerprint density at radius 3 is 1.08 bits per heavy atom. The molecule has 0 saturated carbocycles. The number of aliphatic hydroxyl groups is 1. The standard InChI is InChI=1S/C64H111O11P/c1-4-7-10-13-16-19-22-25-27-29-30-32-34-37-40-43-46-49-52-55-64(68)75-61(57-71-62(66)53-50-47-44-41-38-36-33-31-28-26-23-20-17-14-11-8-5-2)59-73-76(69,70)72-58-60(56-65)74-63(67)54-51-48-45-42-39-35-24-21-18-15-12-9-6-3/h8-9,11-12,17-18,20-21,25-28,35,39,60-61,65H,4-7,10,13-16,19,22-24,29-34,36-38,40-59H2,1-3H3,(H,69,70)/b11-8-,12-9-,20-17-,21-18-,27-25-,28-26-,39-35-. The van der Waals surface area contributed by atoms with Gasteiger partial charge >= 0.3 is 25.7 Å². The zero-order valence-electron chi connectivity index (χ0n) is 48.5. The number of ether oxygens (including phenoxy) is 3. The Hall–Kier alpha value is -3.34. The van der Waals surface area contributed by atoms with E-state index < -0.39 is 57.8 Å². The predicted molar refractivity (Wildman–Crippen MR) is 316 cm³/mol. The van der Waals surface area contributed by atoms with E-state index in [1.807, 2.05) is 0 Å². The zero-order chi connectivity index (χ0) is 55.5. The molecule has 0 bridgehead atoms. The van der Waals surface area contributed by atoms with Crippen molar-refractivity contribution in [2.45, 2.75) is 277 Å². The Morgan fingerprint density at radius 1 is 0.382 bits per heavy atom. The summed E-state index contributed by atoms with van der Waals surface area (Å²) < 4.78 is 39.6. The Labute approximate surface area is 464 Å². The average Bonchev–Trinajstić information content (AvgIpc) is 3.41. The fourth-order valence-corrected chi connectivity index (χ4v) is 8.99. The van der Waals surface area contributed by atoms with Crippen LogP contribution in [0.5, 0.6) is 0 Å². The molecule has 3 unspecified atom stereocenters. The smallest absolute Gasteiger partial charge is 0.462 e. The molecule has 12 heteroatoms. The van der Waals surface area contributed by atoms with Crippen molar-refractivity contribution in [1.82, 2.24) is 0 Å². The SMILES string of the molecule is CC/C=C\C/C=C\C/C=C\CCCCCCCCCC(=O)OCC(COP(=O)(O)OCC(CO)OC(=O)CCCCC/C=C\C/C=C\C/C=C\CC)OC(=O)CCCCCCCCCCC/C=C\CCCCCCCC. The van der Waals surface area contributed by atoms with Crippen LogP contribution < -0.4 is 0 Å². The molecule has 0 spiro atoms. The minimum atomic E-state index is -4.76. The topological polar surface area (TPSA) is 155 Å². The fourth-order valence-electron chi connectivity index (χ4n) is 8.20. The maximum absolute atomic E-state index is 12.9. The molecule has 0 aliphatic heterocycles. The van der Waals surface area contributed by atoms with Gasteiger partial charge in [-0.3, -0.25) is 23.4 Å². The monoisotopic (exact) mass is 1090 g/mol. The first-order valence-corrected chi connectivity index (χ1v) is 32.0. The molecule has 0 aromatic heterocycles. The number of esters is 3. The number of carbonyl (C=O) groups is 3. The van der Waals surface area contributed by atoms with Crippen LogP contribution in [-0.2, 0) is 42.2 Å². The number of hydrogen-bond acceptors (Lipinski definition) is 10. The first-order chi connectivity index (χ1) is 37.2. The quantitative estimate of drug-likeness (QED) is 0.0197. The second kappa shape index (κ2) is 57.8. The van der Waals surface area contributed by atoms with E-state index in [9.17, 15) is 28.9 Å². The second-order valence-corrected chi connectivity index (χ2v) is 21.6. The molecule has 0 rings (SSSR count). The highest BCUT2D eigenvalue weighted by molar-refractivity contribution is 7.47. The fraction of sp³-hybridized carbons (Fsp3) is 0.734. The maximum Gasteiger partial charge on any atom is 0.472 e. The third-order valence-corrected chi connectivity index (χ3v) is 13.7. The van der Waals surface area contributed by atoms with E-state index in [1.165, 1.54) is 96.3 Å². The molecule has 0 saturated heterocycles. The number of phosphoric ester groups is 1. The maximum atomic E-state index is 12.9. The lowest BCUT2D eigenvalue weighted by Crippen LogP contribution is -2.30. The van der Waals surface area contributed by atoms with E-state index in [0.29, 0.717) is 19.3 Å². The molecule has 0 aromatic rings. The lowest BCUT2D eigenvalue weighted by Gasteiger charge is -2.21. The minimum Gasteiger partial charge on any atom is -0.462 e. The molecule has 2 N–H and O–H groups in total. The number of aliphatic hydroxyl groups excluding tert-OH is 1. The van der Waals surface area contributed by atoms with Gasteiger partial charge in [0.25, 0.3) is 0 Å². The first-order valence-electron chi connectivity index (χ1n) is 30.5. The van der Waals surface area contributed by atoms with Crippen LogP contribution in [0.2, 0.25) is 0 Å². The van der Waals surface area contributed by atoms with Gasteiger partial charge in [0, 0.05) is 19.3 Å². The number of phosphoric acid groups is 1. The molecular weight excluding hydrogens is 976 g/mol. The largest absolute Gasteiger partial charge is 0.472 e.